The third-order valence-electron chi connectivity index (χ3n) is 3.76. The minimum absolute atomic E-state index is 0.166. The zero-order valence-corrected chi connectivity index (χ0v) is 11.6. The Hall–Kier alpha value is -1.95. The molecular formula is C15H19FN2O3. The maximum absolute atomic E-state index is 12.7. The summed E-state index contributed by atoms with van der Waals surface area (Å²) < 4.78 is 12.7. The summed E-state index contributed by atoms with van der Waals surface area (Å²) in [6, 6.07) is 5.77. The highest BCUT2D eigenvalue weighted by molar-refractivity contribution is 5.92. The van der Waals surface area contributed by atoms with Gasteiger partial charge < -0.3 is 15.7 Å². The summed E-state index contributed by atoms with van der Waals surface area (Å²) in [6.07, 6.45) is 2.82. The Morgan fingerprint density at radius 2 is 1.76 bits per heavy atom. The van der Waals surface area contributed by atoms with E-state index in [2.05, 4.69) is 10.6 Å². The van der Waals surface area contributed by atoms with E-state index in [1.165, 1.54) is 24.3 Å². The van der Waals surface area contributed by atoms with Crippen LogP contribution in [0.3, 0.4) is 0 Å². The molecule has 0 atom stereocenters. The molecule has 1 aliphatic rings. The summed E-state index contributed by atoms with van der Waals surface area (Å²) in [5.74, 6) is -1.53. The van der Waals surface area contributed by atoms with Gasteiger partial charge in [-0.2, -0.15) is 0 Å². The number of hydrogen-bond acceptors (Lipinski definition) is 3. The molecule has 0 bridgehead atoms. The Kier molecular flexibility index (Phi) is 5.27. The van der Waals surface area contributed by atoms with Gasteiger partial charge in [-0.3, -0.25) is 9.59 Å². The number of carbonyl (C=O) groups is 2. The standard InChI is InChI=1S/C15H19FN2O3/c16-11-3-7-13(8-4-11)18-14(19)9-17-12-5-1-10(2-6-12)15(20)21/h3-4,7-8,10,12,17H,1-2,5-6,9H2,(H,18,19)(H,20,21). The van der Waals surface area contributed by atoms with Crippen LogP contribution in [0.25, 0.3) is 0 Å². The molecule has 1 saturated carbocycles. The molecule has 0 saturated heterocycles. The molecule has 5 nitrogen and oxygen atoms in total. The summed E-state index contributed by atoms with van der Waals surface area (Å²) in [5, 5.41) is 14.7. The highest BCUT2D eigenvalue weighted by Gasteiger charge is 2.25. The van der Waals surface area contributed by atoms with Gasteiger partial charge in [0.25, 0.3) is 0 Å². The zero-order valence-electron chi connectivity index (χ0n) is 11.6. The van der Waals surface area contributed by atoms with Crippen molar-refractivity contribution in [1.29, 1.82) is 0 Å². The quantitative estimate of drug-likeness (QED) is 0.776. The Morgan fingerprint density at radius 1 is 1.14 bits per heavy atom. The van der Waals surface area contributed by atoms with Crippen LogP contribution in [0.1, 0.15) is 25.7 Å². The molecule has 114 valence electrons. The van der Waals surface area contributed by atoms with Crippen LogP contribution in [0.4, 0.5) is 10.1 Å². The number of carboxylic acids is 1. The fourth-order valence-electron chi connectivity index (χ4n) is 2.52. The number of rotatable bonds is 5. The van der Waals surface area contributed by atoms with Crippen molar-refractivity contribution in [1.82, 2.24) is 5.32 Å². The van der Waals surface area contributed by atoms with Gasteiger partial charge in [0.05, 0.1) is 12.5 Å². The average Bonchev–Trinajstić information content (AvgIpc) is 2.48. The van der Waals surface area contributed by atoms with E-state index in [9.17, 15) is 14.0 Å². The SMILES string of the molecule is O=C(CNC1CCC(C(=O)O)CC1)Nc1ccc(F)cc1. The number of benzene rings is 1. The summed E-state index contributed by atoms with van der Waals surface area (Å²) in [7, 11) is 0. The summed E-state index contributed by atoms with van der Waals surface area (Å²) in [6.45, 7) is 0.166. The van der Waals surface area contributed by atoms with Crippen molar-refractivity contribution in [3.05, 3.63) is 30.1 Å². The molecule has 3 N–H and O–H groups in total. The first-order valence-corrected chi connectivity index (χ1v) is 7.06. The zero-order chi connectivity index (χ0) is 15.2. The Bertz CT molecular complexity index is 496. The predicted molar refractivity (Wildman–Crippen MR) is 76.4 cm³/mol. The number of halogens is 1. The van der Waals surface area contributed by atoms with E-state index < -0.39 is 5.97 Å². The van der Waals surface area contributed by atoms with Crippen molar-refractivity contribution in [3.63, 3.8) is 0 Å². The minimum Gasteiger partial charge on any atom is -0.481 e. The Balaban J connectivity index is 1.70. The fraction of sp³-hybridized carbons (Fsp3) is 0.467. The molecule has 1 amide bonds. The molecule has 6 heteroatoms. The van der Waals surface area contributed by atoms with E-state index in [1.807, 2.05) is 0 Å². The van der Waals surface area contributed by atoms with Crippen molar-refractivity contribution in [3.8, 4) is 0 Å². The van der Waals surface area contributed by atoms with Crippen molar-refractivity contribution in [2.75, 3.05) is 11.9 Å². The van der Waals surface area contributed by atoms with E-state index >= 15 is 0 Å². The predicted octanol–water partition coefficient (Wildman–Crippen LogP) is 2.00. The smallest absolute Gasteiger partial charge is 0.306 e. The van der Waals surface area contributed by atoms with Gasteiger partial charge in [0.15, 0.2) is 0 Å². The van der Waals surface area contributed by atoms with Gasteiger partial charge in [0.2, 0.25) is 5.91 Å². The number of amides is 1. The van der Waals surface area contributed by atoms with Crippen molar-refractivity contribution in [2.24, 2.45) is 5.92 Å². The maximum Gasteiger partial charge on any atom is 0.306 e. The molecule has 0 spiro atoms. The van der Waals surface area contributed by atoms with Crippen LogP contribution in [-0.4, -0.2) is 29.6 Å². The van der Waals surface area contributed by atoms with E-state index in [0.717, 1.165) is 12.8 Å². The topological polar surface area (TPSA) is 78.4 Å². The van der Waals surface area contributed by atoms with Gasteiger partial charge in [-0.05, 0) is 49.9 Å². The maximum atomic E-state index is 12.7. The Morgan fingerprint density at radius 3 is 2.33 bits per heavy atom. The lowest BCUT2D eigenvalue weighted by atomic mass is 9.86. The van der Waals surface area contributed by atoms with Crippen LogP contribution in [0, 0.1) is 11.7 Å². The summed E-state index contributed by atoms with van der Waals surface area (Å²) >= 11 is 0. The molecule has 0 unspecified atom stereocenters. The lowest BCUT2D eigenvalue weighted by Gasteiger charge is -2.26. The highest BCUT2D eigenvalue weighted by atomic mass is 19.1. The first-order chi connectivity index (χ1) is 10.0. The Labute approximate surface area is 122 Å². The third kappa shape index (κ3) is 4.82. The molecule has 0 aliphatic heterocycles. The number of hydrogen-bond donors (Lipinski definition) is 3. The van der Waals surface area contributed by atoms with E-state index in [1.54, 1.807) is 0 Å². The van der Waals surface area contributed by atoms with E-state index in [-0.39, 0.29) is 30.2 Å². The van der Waals surface area contributed by atoms with Gasteiger partial charge in [-0.25, -0.2) is 4.39 Å². The van der Waals surface area contributed by atoms with E-state index in [0.29, 0.717) is 18.5 Å². The number of carboxylic acid groups (broad SMARTS) is 1. The van der Waals surface area contributed by atoms with Crippen LogP contribution < -0.4 is 10.6 Å². The number of carbonyl (C=O) groups excluding carboxylic acids is 1. The second-order valence-corrected chi connectivity index (χ2v) is 5.32. The van der Waals surface area contributed by atoms with Crippen LogP contribution in [0.2, 0.25) is 0 Å². The van der Waals surface area contributed by atoms with Gasteiger partial charge >= 0.3 is 5.97 Å². The van der Waals surface area contributed by atoms with Crippen molar-refractivity contribution >= 4 is 17.6 Å². The first-order valence-electron chi connectivity index (χ1n) is 7.06. The second kappa shape index (κ2) is 7.17. The lowest BCUT2D eigenvalue weighted by molar-refractivity contribution is -0.143. The molecular weight excluding hydrogens is 275 g/mol. The number of anilines is 1. The van der Waals surface area contributed by atoms with Crippen LogP contribution in [-0.2, 0) is 9.59 Å². The number of nitrogens with one attached hydrogen (secondary N) is 2. The second-order valence-electron chi connectivity index (χ2n) is 5.32. The normalized spacial score (nSPS) is 21.8. The molecule has 1 aromatic carbocycles. The minimum atomic E-state index is -0.734. The first kappa shape index (κ1) is 15.4. The van der Waals surface area contributed by atoms with Crippen LogP contribution in [0.5, 0.6) is 0 Å². The molecule has 2 rings (SSSR count). The van der Waals surface area contributed by atoms with Gasteiger partial charge in [-0.1, -0.05) is 0 Å². The van der Waals surface area contributed by atoms with Gasteiger partial charge in [0, 0.05) is 11.7 Å². The molecule has 21 heavy (non-hydrogen) atoms. The lowest BCUT2D eigenvalue weighted by Crippen LogP contribution is -2.39. The molecule has 1 aromatic rings. The van der Waals surface area contributed by atoms with Crippen LogP contribution in [0.15, 0.2) is 24.3 Å². The summed E-state index contributed by atoms with van der Waals surface area (Å²) in [4.78, 5) is 22.6. The van der Waals surface area contributed by atoms with Gasteiger partial charge in [-0.15, -0.1) is 0 Å². The van der Waals surface area contributed by atoms with Crippen molar-refractivity contribution < 1.29 is 19.1 Å². The third-order valence-corrected chi connectivity index (χ3v) is 3.76. The molecule has 1 aliphatic carbocycles. The van der Waals surface area contributed by atoms with Gasteiger partial charge in [0.1, 0.15) is 5.82 Å². The van der Waals surface area contributed by atoms with E-state index in [4.69, 9.17) is 5.11 Å². The average molecular weight is 294 g/mol. The molecule has 0 radical (unpaired) electrons. The van der Waals surface area contributed by atoms with Crippen molar-refractivity contribution in [2.45, 2.75) is 31.7 Å². The fourth-order valence-corrected chi connectivity index (χ4v) is 2.52. The molecule has 0 heterocycles. The number of aliphatic carboxylic acids is 1. The highest BCUT2D eigenvalue weighted by Crippen LogP contribution is 2.24. The summed E-state index contributed by atoms with van der Waals surface area (Å²) in [5.41, 5.74) is 0.554. The monoisotopic (exact) mass is 294 g/mol. The molecule has 1 fully saturated rings. The largest absolute Gasteiger partial charge is 0.481 e. The van der Waals surface area contributed by atoms with Crippen LogP contribution >= 0.6 is 0 Å². The molecule has 0 aromatic heterocycles.